The molecule has 1 aromatic heterocycles. The minimum Gasteiger partial charge on any atom is -0.489 e. The third kappa shape index (κ3) is 4.50. The van der Waals surface area contributed by atoms with Crippen LogP contribution in [-0.2, 0) is 0 Å². The van der Waals surface area contributed by atoms with Gasteiger partial charge in [0, 0.05) is 19.1 Å². The lowest BCUT2D eigenvalue weighted by Crippen LogP contribution is -2.46. The Labute approximate surface area is 169 Å². The number of ether oxygens (including phenoxy) is 1. The van der Waals surface area contributed by atoms with Crippen molar-refractivity contribution < 1.29 is 14.1 Å². The van der Waals surface area contributed by atoms with E-state index in [1.165, 1.54) is 0 Å². The Balaban J connectivity index is 1.23. The molecule has 1 aliphatic heterocycles. The van der Waals surface area contributed by atoms with Crippen molar-refractivity contribution in [3.8, 4) is 11.8 Å². The molecule has 152 valence electrons. The molecule has 8 heteroatoms. The van der Waals surface area contributed by atoms with Crippen molar-refractivity contribution >= 4 is 6.03 Å². The number of aromatic nitrogens is 2. The highest BCUT2D eigenvalue weighted by molar-refractivity contribution is 5.75. The van der Waals surface area contributed by atoms with Gasteiger partial charge in [-0.15, -0.1) is 0 Å². The highest BCUT2D eigenvalue weighted by atomic mass is 16.5. The predicted octanol–water partition coefficient (Wildman–Crippen LogP) is 3.14. The molecule has 29 heavy (non-hydrogen) atoms. The molecule has 2 aliphatic rings. The van der Waals surface area contributed by atoms with Crippen LogP contribution < -0.4 is 10.1 Å². The summed E-state index contributed by atoms with van der Waals surface area (Å²) >= 11 is 0. The van der Waals surface area contributed by atoms with Crippen molar-refractivity contribution in [2.45, 2.75) is 57.1 Å². The van der Waals surface area contributed by atoms with Crippen molar-refractivity contribution in [2.24, 2.45) is 0 Å². The number of amides is 2. The van der Waals surface area contributed by atoms with Gasteiger partial charge in [0.2, 0.25) is 5.89 Å². The number of urea groups is 1. The van der Waals surface area contributed by atoms with E-state index >= 15 is 0 Å². The molecule has 1 saturated carbocycles. The maximum atomic E-state index is 12.6. The van der Waals surface area contributed by atoms with E-state index in [9.17, 15) is 10.1 Å². The first-order valence-corrected chi connectivity index (χ1v) is 10.1. The Morgan fingerprint density at radius 3 is 2.79 bits per heavy atom. The average Bonchev–Trinajstić information content (AvgIpc) is 3.39. The molecule has 1 saturated heterocycles. The minimum absolute atomic E-state index is 0.0251. The highest BCUT2D eigenvalue weighted by Gasteiger charge is 2.32. The Bertz CT molecular complexity index is 898. The van der Waals surface area contributed by atoms with Crippen LogP contribution in [0.15, 0.2) is 28.8 Å². The SMILES string of the molecule is Cc1noc([C@@H]2CCN(C(=O)NC3CCC(Oc4ccccc4C#N)CC3)C2)n1. The molecule has 1 aromatic carbocycles. The molecule has 0 radical (unpaired) electrons. The second-order valence-corrected chi connectivity index (χ2v) is 7.76. The number of para-hydroxylation sites is 1. The summed E-state index contributed by atoms with van der Waals surface area (Å²) in [6.45, 7) is 3.10. The summed E-state index contributed by atoms with van der Waals surface area (Å²) in [4.78, 5) is 18.7. The van der Waals surface area contributed by atoms with E-state index < -0.39 is 0 Å². The monoisotopic (exact) mass is 395 g/mol. The molecule has 2 aromatic rings. The zero-order valence-corrected chi connectivity index (χ0v) is 16.5. The summed E-state index contributed by atoms with van der Waals surface area (Å²) in [5, 5.41) is 16.2. The van der Waals surface area contributed by atoms with E-state index in [0.717, 1.165) is 32.1 Å². The maximum absolute atomic E-state index is 12.6. The lowest BCUT2D eigenvalue weighted by molar-refractivity contribution is 0.136. The number of aryl methyl sites for hydroxylation is 1. The highest BCUT2D eigenvalue weighted by Crippen LogP contribution is 2.28. The topological polar surface area (TPSA) is 104 Å². The van der Waals surface area contributed by atoms with E-state index in [2.05, 4.69) is 21.5 Å². The van der Waals surface area contributed by atoms with Crippen LogP contribution >= 0.6 is 0 Å². The largest absolute Gasteiger partial charge is 0.489 e. The number of hydrogen-bond donors (Lipinski definition) is 1. The number of carbonyl (C=O) groups excluding carboxylic acids is 1. The first-order valence-electron chi connectivity index (χ1n) is 10.1. The van der Waals surface area contributed by atoms with Crippen LogP contribution in [-0.4, -0.2) is 46.3 Å². The van der Waals surface area contributed by atoms with Crippen molar-refractivity contribution in [2.75, 3.05) is 13.1 Å². The number of hydrogen-bond acceptors (Lipinski definition) is 6. The lowest BCUT2D eigenvalue weighted by atomic mass is 9.93. The average molecular weight is 395 g/mol. The number of nitrogens with one attached hydrogen (secondary N) is 1. The van der Waals surface area contributed by atoms with E-state index in [1.54, 1.807) is 13.0 Å². The summed E-state index contributed by atoms with van der Waals surface area (Å²) in [6, 6.07) is 9.60. The van der Waals surface area contributed by atoms with Gasteiger partial charge >= 0.3 is 6.03 Å². The van der Waals surface area contributed by atoms with E-state index in [-0.39, 0.29) is 24.1 Å². The normalized spacial score (nSPS) is 24.1. The zero-order chi connectivity index (χ0) is 20.2. The smallest absolute Gasteiger partial charge is 0.317 e. The van der Waals surface area contributed by atoms with Crippen LogP contribution in [0.1, 0.15) is 55.3 Å². The molecule has 1 N–H and O–H groups in total. The lowest BCUT2D eigenvalue weighted by Gasteiger charge is -2.31. The number of nitriles is 1. The Hall–Kier alpha value is -3.08. The molecule has 0 unspecified atom stereocenters. The van der Waals surface area contributed by atoms with Crippen LogP contribution in [0.3, 0.4) is 0 Å². The van der Waals surface area contributed by atoms with Crippen molar-refractivity contribution in [3.63, 3.8) is 0 Å². The third-order valence-corrected chi connectivity index (χ3v) is 5.67. The molecular formula is C21H25N5O3. The van der Waals surface area contributed by atoms with E-state index in [4.69, 9.17) is 9.26 Å². The number of rotatable bonds is 4. The second-order valence-electron chi connectivity index (χ2n) is 7.76. The Morgan fingerprint density at radius 1 is 1.28 bits per heavy atom. The van der Waals surface area contributed by atoms with Gasteiger partial charge < -0.3 is 19.5 Å². The van der Waals surface area contributed by atoms with Gasteiger partial charge in [-0.1, -0.05) is 17.3 Å². The number of carbonyl (C=O) groups is 1. The van der Waals surface area contributed by atoms with E-state index in [1.807, 2.05) is 23.1 Å². The van der Waals surface area contributed by atoms with Crippen molar-refractivity contribution in [1.82, 2.24) is 20.4 Å². The maximum Gasteiger partial charge on any atom is 0.317 e. The predicted molar refractivity (Wildman–Crippen MR) is 104 cm³/mol. The van der Waals surface area contributed by atoms with Crippen LogP contribution in [0.2, 0.25) is 0 Å². The number of likely N-dealkylation sites (tertiary alicyclic amines) is 1. The second kappa shape index (κ2) is 8.52. The van der Waals surface area contributed by atoms with Gasteiger partial charge in [-0.25, -0.2) is 4.79 Å². The molecule has 0 bridgehead atoms. The van der Waals surface area contributed by atoms with Crippen LogP contribution in [0.4, 0.5) is 4.79 Å². The summed E-state index contributed by atoms with van der Waals surface area (Å²) in [5.74, 6) is 2.00. The molecule has 4 rings (SSSR count). The standard InChI is InChI=1S/C21H25N5O3/c1-14-23-20(29-25-14)16-10-11-26(13-16)21(27)24-17-6-8-18(9-7-17)28-19-5-3-2-4-15(19)12-22/h2-5,16-18H,6-11,13H2,1H3,(H,24,27)/t16-,17?,18?/m1/s1. The molecule has 8 nitrogen and oxygen atoms in total. The summed E-state index contributed by atoms with van der Waals surface area (Å²) in [6.07, 6.45) is 4.36. The zero-order valence-electron chi connectivity index (χ0n) is 16.5. The van der Waals surface area contributed by atoms with Crippen molar-refractivity contribution in [1.29, 1.82) is 5.26 Å². The fourth-order valence-electron chi connectivity index (χ4n) is 4.06. The Kier molecular flexibility index (Phi) is 5.65. The molecule has 2 fully saturated rings. The molecule has 2 amide bonds. The summed E-state index contributed by atoms with van der Waals surface area (Å²) in [7, 11) is 0. The fraction of sp³-hybridized carbons (Fsp3) is 0.524. The van der Waals surface area contributed by atoms with Gasteiger partial charge in [-0.3, -0.25) is 0 Å². The fourth-order valence-corrected chi connectivity index (χ4v) is 4.06. The quantitative estimate of drug-likeness (QED) is 0.853. The van der Waals surface area contributed by atoms with Gasteiger partial charge in [0.25, 0.3) is 0 Å². The molecule has 1 atom stereocenters. The summed E-state index contributed by atoms with van der Waals surface area (Å²) < 4.78 is 11.3. The molecular weight excluding hydrogens is 370 g/mol. The Morgan fingerprint density at radius 2 is 2.07 bits per heavy atom. The van der Waals surface area contributed by atoms with E-state index in [0.29, 0.717) is 36.1 Å². The molecule has 2 heterocycles. The first-order chi connectivity index (χ1) is 14.1. The van der Waals surface area contributed by atoms with Crippen LogP contribution in [0.25, 0.3) is 0 Å². The molecule has 0 spiro atoms. The first kappa shape index (κ1) is 19.2. The van der Waals surface area contributed by atoms with Crippen LogP contribution in [0, 0.1) is 18.3 Å². The minimum atomic E-state index is -0.0251. The summed E-state index contributed by atoms with van der Waals surface area (Å²) in [5.41, 5.74) is 0.558. The molecule has 1 aliphatic carbocycles. The van der Waals surface area contributed by atoms with Crippen LogP contribution in [0.5, 0.6) is 5.75 Å². The third-order valence-electron chi connectivity index (χ3n) is 5.67. The van der Waals surface area contributed by atoms with Gasteiger partial charge in [0.05, 0.1) is 17.6 Å². The number of nitrogens with zero attached hydrogens (tertiary/aromatic N) is 4. The van der Waals surface area contributed by atoms with Gasteiger partial charge in [-0.05, 0) is 51.2 Å². The van der Waals surface area contributed by atoms with Crippen molar-refractivity contribution in [3.05, 3.63) is 41.5 Å². The number of benzene rings is 1. The van der Waals surface area contributed by atoms with Gasteiger partial charge in [-0.2, -0.15) is 10.2 Å². The van der Waals surface area contributed by atoms with Gasteiger partial charge in [0.1, 0.15) is 11.8 Å². The van der Waals surface area contributed by atoms with Gasteiger partial charge in [0.15, 0.2) is 5.82 Å².